The van der Waals surface area contributed by atoms with Crippen molar-refractivity contribution in [2.24, 2.45) is 0 Å². The van der Waals surface area contributed by atoms with E-state index in [4.69, 9.17) is 0 Å². The van der Waals surface area contributed by atoms with Gasteiger partial charge in [-0.1, -0.05) is 6.07 Å². The second kappa shape index (κ2) is 9.99. The first-order chi connectivity index (χ1) is 16.5. The van der Waals surface area contributed by atoms with Gasteiger partial charge in [0.25, 0.3) is 5.91 Å². The molecule has 1 saturated heterocycles. The summed E-state index contributed by atoms with van der Waals surface area (Å²) >= 11 is 0. The molecular formula is C26H33FN4O3S. The van der Waals surface area contributed by atoms with Gasteiger partial charge in [-0.25, -0.2) is 12.8 Å². The maximum Gasteiger partial charge on any atom is 0.254 e. The number of piperazine rings is 1. The van der Waals surface area contributed by atoms with E-state index in [0.29, 0.717) is 44.8 Å². The van der Waals surface area contributed by atoms with Crippen molar-refractivity contribution in [3.63, 3.8) is 0 Å². The fourth-order valence-corrected chi connectivity index (χ4v) is 5.11. The van der Waals surface area contributed by atoms with Crippen LogP contribution in [0.5, 0.6) is 0 Å². The van der Waals surface area contributed by atoms with Crippen molar-refractivity contribution < 1.29 is 17.6 Å². The van der Waals surface area contributed by atoms with Crippen LogP contribution in [0.1, 0.15) is 32.7 Å². The Kier molecular flexibility index (Phi) is 7.19. The first-order valence-corrected chi connectivity index (χ1v) is 13.9. The number of carbonyl (C=O) groups is 1. The number of hydrogen-bond acceptors (Lipinski definition) is 5. The molecule has 0 unspecified atom stereocenters. The highest BCUT2D eigenvalue weighted by atomic mass is 32.2. The minimum absolute atomic E-state index is 0.0334. The van der Waals surface area contributed by atoms with E-state index in [1.807, 2.05) is 37.8 Å². The molecule has 2 heterocycles. The van der Waals surface area contributed by atoms with Gasteiger partial charge < -0.3 is 15.2 Å². The Morgan fingerprint density at radius 3 is 2.46 bits per heavy atom. The van der Waals surface area contributed by atoms with Crippen LogP contribution >= 0.6 is 0 Å². The van der Waals surface area contributed by atoms with E-state index in [0.717, 1.165) is 39.0 Å². The number of sulfone groups is 1. The molecule has 9 heteroatoms. The van der Waals surface area contributed by atoms with Gasteiger partial charge >= 0.3 is 0 Å². The lowest BCUT2D eigenvalue weighted by atomic mass is 10.0. The summed E-state index contributed by atoms with van der Waals surface area (Å²) < 4.78 is 36.4. The van der Waals surface area contributed by atoms with Gasteiger partial charge in [0.1, 0.15) is 15.7 Å². The molecule has 0 aliphatic carbocycles. The Morgan fingerprint density at radius 1 is 1.09 bits per heavy atom. The normalized spacial score (nSPS) is 15.1. The molecule has 7 nitrogen and oxygen atoms in total. The summed E-state index contributed by atoms with van der Waals surface area (Å²) in [7, 11) is -3.01. The molecule has 0 radical (unpaired) electrons. The van der Waals surface area contributed by atoms with Gasteiger partial charge in [-0.15, -0.1) is 0 Å². The quantitative estimate of drug-likeness (QED) is 0.517. The molecule has 1 aromatic heterocycles. The highest BCUT2D eigenvalue weighted by Crippen LogP contribution is 2.31. The third-order valence-electron chi connectivity index (χ3n) is 6.88. The number of nitrogens with one attached hydrogen (secondary N) is 2. The van der Waals surface area contributed by atoms with Gasteiger partial charge in [-0.2, -0.15) is 0 Å². The number of halogens is 1. The predicted octanol–water partition coefficient (Wildman–Crippen LogP) is 3.65. The number of fused-ring (bicyclic) bond motifs is 1. The first-order valence-electron chi connectivity index (χ1n) is 11.8. The van der Waals surface area contributed by atoms with Crippen LogP contribution in [0.15, 0.2) is 30.3 Å². The van der Waals surface area contributed by atoms with Crippen LogP contribution in [0.25, 0.3) is 10.9 Å². The SMILES string of the molecule is Cc1cc(F)ccc1CNc1cc(C(=O)N2CCN(CCS(C)(=O)=O)CC2)cc2c(C)c(C)[nH]c12. The molecular weight excluding hydrogens is 467 g/mol. The smallest absolute Gasteiger partial charge is 0.254 e. The number of anilines is 1. The first kappa shape index (κ1) is 25.2. The molecule has 0 atom stereocenters. The predicted molar refractivity (Wildman–Crippen MR) is 138 cm³/mol. The fraction of sp³-hybridized carbons (Fsp3) is 0.423. The minimum Gasteiger partial charge on any atom is -0.379 e. The average Bonchev–Trinajstić information content (AvgIpc) is 3.10. The van der Waals surface area contributed by atoms with Crippen molar-refractivity contribution in [3.8, 4) is 0 Å². The Labute approximate surface area is 206 Å². The third-order valence-corrected chi connectivity index (χ3v) is 7.80. The summed E-state index contributed by atoms with van der Waals surface area (Å²) in [5.41, 5.74) is 6.39. The third kappa shape index (κ3) is 5.85. The van der Waals surface area contributed by atoms with Crippen LogP contribution in [-0.4, -0.2) is 73.8 Å². The van der Waals surface area contributed by atoms with E-state index in [9.17, 15) is 17.6 Å². The van der Waals surface area contributed by atoms with Crippen LogP contribution in [-0.2, 0) is 16.4 Å². The number of benzene rings is 2. The highest BCUT2D eigenvalue weighted by molar-refractivity contribution is 7.90. The Hall–Kier alpha value is -2.91. The van der Waals surface area contributed by atoms with Crippen LogP contribution in [0.2, 0.25) is 0 Å². The van der Waals surface area contributed by atoms with Gasteiger partial charge in [0.2, 0.25) is 0 Å². The Balaban J connectivity index is 1.54. The average molecular weight is 501 g/mol. The number of hydrogen-bond donors (Lipinski definition) is 2. The summed E-state index contributed by atoms with van der Waals surface area (Å²) in [6.07, 6.45) is 1.25. The van der Waals surface area contributed by atoms with Gasteiger partial charge in [0, 0.05) is 62.2 Å². The zero-order valence-corrected chi connectivity index (χ0v) is 21.6. The molecule has 1 aliphatic heterocycles. The molecule has 35 heavy (non-hydrogen) atoms. The van der Waals surface area contributed by atoms with E-state index >= 15 is 0 Å². The van der Waals surface area contributed by atoms with Crippen LogP contribution in [0, 0.1) is 26.6 Å². The lowest BCUT2D eigenvalue weighted by Gasteiger charge is -2.34. The number of rotatable bonds is 7. The van der Waals surface area contributed by atoms with Crippen LogP contribution < -0.4 is 5.32 Å². The fourth-order valence-electron chi connectivity index (χ4n) is 4.52. The standard InChI is InChI=1S/C26H33FN4O3S/c1-17-13-22(27)6-5-20(17)16-28-24-15-21(14-23-18(2)19(3)29-25(23)24)26(32)31-9-7-30(8-10-31)11-12-35(4,33)34/h5-6,13-15,28-29H,7-12,16H2,1-4H3. The van der Waals surface area contributed by atoms with Crippen LogP contribution in [0.3, 0.4) is 0 Å². The van der Waals surface area contributed by atoms with E-state index in [2.05, 4.69) is 15.2 Å². The Morgan fingerprint density at radius 2 is 1.80 bits per heavy atom. The van der Waals surface area contributed by atoms with E-state index in [1.54, 1.807) is 6.07 Å². The molecule has 188 valence electrons. The van der Waals surface area contributed by atoms with Crippen LogP contribution in [0.4, 0.5) is 10.1 Å². The Bertz CT molecular complexity index is 1360. The van der Waals surface area contributed by atoms with Crippen molar-refractivity contribution in [1.29, 1.82) is 0 Å². The van der Waals surface area contributed by atoms with Gasteiger partial charge in [-0.05, 0) is 61.7 Å². The summed E-state index contributed by atoms with van der Waals surface area (Å²) in [6.45, 7) is 9.36. The molecule has 0 saturated carbocycles. The van der Waals surface area contributed by atoms with E-state index in [1.165, 1.54) is 18.4 Å². The number of aromatic nitrogens is 1. The summed E-state index contributed by atoms with van der Waals surface area (Å²) in [4.78, 5) is 20.8. The molecule has 4 rings (SSSR count). The topological polar surface area (TPSA) is 85.5 Å². The van der Waals surface area contributed by atoms with E-state index < -0.39 is 9.84 Å². The molecule has 0 bridgehead atoms. The van der Waals surface area contributed by atoms with Crippen molar-refractivity contribution >= 4 is 32.3 Å². The summed E-state index contributed by atoms with van der Waals surface area (Å²) in [5, 5.41) is 4.45. The number of amides is 1. The van der Waals surface area contributed by atoms with Crippen molar-refractivity contribution in [2.75, 3.05) is 50.0 Å². The molecule has 1 amide bonds. The number of carbonyl (C=O) groups excluding carboxylic acids is 1. The summed E-state index contributed by atoms with van der Waals surface area (Å²) in [6, 6.07) is 8.58. The summed E-state index contributed by atoms with van der Waals surface area (Å²) in [5.74, 6) is -0.158. The zero-order chi connectivity index (χ0) is 25.3. The molecule has 2 N–H and O–H groups in total. The number of H-pyrrole nitrogens is 1. The molecule has 0 spiro atoms. The minimum atomic E-state index is -3.01. The number of aryl methyl sites for hydroxylation is 3. The molecule has 1 aliphatic rings. The zero-order valence-electron chi connectivity index (χ0n) is 20.7. The van der Waals surface area contributed by atoms with E-state index in [-0.39, 0.29) is 17.5 Å². The largest absolute Gasteiger partial charge is 0.379 e. The van der Waals surface area contributed by atoms with Gasteiger partial charge in [-0.3, -0.25) is 9.69 Å². The van der Waals surface area contributed by atoms with Crippen molar-refractivity contribution in [2.45, 2.75) is 27.3 Å². The lowest BCUT2D eigenvalue weighted by molar-refractivity contribution is 0.0644. The number of aromatic amines is 1. The highest BCUT2D eigenvalue weighted by Gasteiger charge is 2.24. The molecule has 3 aromatic rings. The monoisotopic (exact) mass is 500 g/mol. The second-order valence-corrected chi connectivity index (χ2v) is 11.8. The maximum atomic E-state index is 13.5. The second-order valence-electron chi connectivity index (χ2n) is 9.51. The number of nitrogens with zero attached hydrogens (tertiary/aromatic N) is 2. The lowest BCUT2D eigenvalue weighted by Crippen LogP contribution is -2.49. The van der Waals surface area contributed by atoms with Gasteiger partial charge in [0.15, 0.2) is 0 Å². The molecule has 1 fully saturated rings. The maximum absolute atomic E-state index is 13.5. The van der Waals surface area contributed by atoms with Gasteiger partial charge in [0.05, 0.1) is 17.0 Å². The van der Waals surface area contributed by atoms with Crippen molar-refractivity contribution in [1.82, 2.24) is 14.8 Å². The van der Waals surface area contributed by atoms with Crippen molar-refractivity contribution in [3.05, 3.63) is 64.1 Å². The molecule has 2 aromatic carbocycles.